The maximum atomic E-state index is 11.0. The van der Waals surface area contributed by atoms with Crippen molar-refractivity contribution in [3.8, 4) is 0 Å². The first-order valence-corrected chi connectivity index (χ1v) is 3.35. The summed E-state index contributed by atoms with van der Waals surface area (Å²) in [5.74, 6) is 0. The normalized spacial score (nSPS) is 10.3. The van der Waals surface area contributed by atoms with Crippen molar-refractivity contribution in [1.82, 2.24) is 9.50 Å². The molecule has 0 aliphatic carbocycles. The van der Waals surface area contributed by atoms with Crippen molar-refractivity contribution < 1.29 is 4.85 Å². The second-order valence-electron chi connectivity index (χ2n) is 2.29. The molecule has 5 nitrogen and oxygen atoms in total. The summed E-state index contributed by atoms with van der Waals surface area (Å²) in [6, 6.07) is 4.99. The van der Waals surface area contributed by atoms with Gasteiger partial charge in [-0.3, -0.25) is 4.79 Å². The Balaban J connectivity index is 2.99. The second-order valence-corrected chi connectivity index (χ2v) is 2.29. The Hall–Kier alpha value is -1.91. The fourth-order valence-corrected chi connectivity index (χ4v) is 0.979. The van der Waals surface area contributed by atoms with Gasteiger partial charge in [0.1, 0.15) is 0 Å². The molecule has 0 radical (unpaired) electrons. The third kappa shape index (κ3) is 0.914. The molecule has 2 aromatic rings. The fraction of sp³-hybridized carbons (Fsp3) is 0. The lowest BCUT2D eigenvalue weighted by Gasteiger charge is -1.99. The third-order valence-corrected chi connectivity index (χ3v) is 1.48. The lowest BCUT2D eigenvalue weighted by molar-refractivity contribution is -0.681. The predicted molar refractivity (Wildman–Crippen MR) is 40.4 cm³/mol. The van der Waals surface area contributed by atoms with Crippen LogP contribution in [0.25, 0.3) is 5.65 Å². The van der Waals surface area contributed by atoms with Crippen LogP contribution >= 0.6 is 0 Å². The van der Waals surface area contributed by atoms with Crippen LogP contribution < -0.4 is 10.4 Å². The number of fused-ring (bicyclic) bond motifs is 1. The van der Waals surface area contributed by atoms with Gasteiger partial charge in [0.2, 0.25) is 0 Å². The molecule has 60 valence electrons. The lowest BCUT2D eigenvalue weighted by atomic mass is 10.5. The van der Waals surface area contributed by atoms with Gasteiger partial charge in [-0.05, 0) is 12.1 Å². The maximum absolute atomic E-state index is 11.0. The Morgan fingerprint density at radius 3 is 3.17 bits per heavy atom. The van der Waals surface area contributed by atoms with Gasteiger partial charge in [-0.2, -0.15) is 4.98 Å². The molecule has 2 heterocycles. The highest BCUT2D eigenvalue weighted by molar-refractivity contribution is 5.33. The van der Waals surface area contributed by atoms with Crippen LogP contribution in [0.2, 0.25) is 0 Å². The van der Waals surface area contributed by atoms with E-state index in [4.69, 9.17) is 0 Å². The molecule has 0 aromatic carbocycles. The predicted octanol–water partition coefficient (Wildman–Crippen LogP) is -0.672. The zero-order chi connectivity index (χ0) is 8.55. The van der Waals surface area contributed by atoms with Crippen LogP contribution in [0.1, 0.15) is 0 Å². The minimum atomic E-state index is -0.531. The molecule has 5 heteroatoms. The summed E-state index contributed by atoms with van der Waals surface area (Å²) < 4.78 is 1.24. The van der Waals surface area contributed by atoms with Gasteiger partial charge >= 0.3 is 5.56 Å². The summed E-state index contributed by atoms with van der Waals surface area (Å²) in [5, 5.41) is 11.0. The van der Waals surface area contributed by atoms with Crippen LogP contribution in [0.4, 0.5) is 0 Å². The molecule has 0 amide bonds. The summed E-state index contributed by atoms with van der Waals surface area (Å²) in [6.45, 7) is 0. The van der Waals surface area contributed by atoms with E-state index in [1.807, 2.05) is 0 Å². The molecule has 0 saturated carbocycles. The topological polar surface area (TPSA) is 61.3 Å². The van der Waals surface area contributed by atoms with Gasteiger partial charge in [0.25, 0.3) is 6.20 Å². The number of pyridine rings is 1. The molecule has 2 aromatic heterocycles. The molecule has 0 saturated heterocycles. The first-order valence-electron chi connectivity index (χ1n) is 3.35. The first-order chi connectivity index (χ1) is 5.77. The molecule has 0 unspecified atom stereocenters. The van der Waals surface area contributed by atoms with Gasteiger partial charge in [0.15, 0.2) is 5.65 Å². The van der Waals surface area contributed by atoms with E-state index >= 15 is 0 Å². The Morgan fingerprint density at radius 2 is 2.33 bits per heavy atom. The van der Waals surface area contributed by atoms with Gasteiger partial charge in [-0.1, -0.05) is 15.4 Å². The van der Waals surface area contributed by atoms with Crippen molar-refractivity contribution in [2.24, 2.45) is 0 Å². The van der Waals surface area contributed by atoms with Gasteiger partial charge < -0.3 is 5.21 Å². The number of nitrogens with zero attached hydrogens (tertiary/aromatic N) is 3. The van der Waals surface area contributed by atoms with Crippen molar-refractivity contribution in [3.05, 3.63) is 46.2 Å². The Morgan fingerprint density at radius 1 is 1.50 bits per heavy atom. The molecule has 0 spiro atoms. The summed E-state index contributed by atoms with van der Waals surface area (Å²) >= 11 is 0. The monoisotopic (exact) mass is 163 g/mol. The average molecular weight is 163 g/mol. The Labute approximate surface area is 67.1 Å². The van der Waals surface area contributed by atoms with E-state index in [9.17, 15) is 10.0 Å². The van der Waals surface area contributed by atoms with Gasteiger partial charge in [-0.25, -0.2) is 0 Å². The summed E-state index contributed by atoms with van der Waals surface area (Å²) in [5.41, 5.74) is -0.184. The SMILES string of the molecule is O=c1c[n+]([O-])n2ccccc2n1. The number of aromatic nitrogens is 3. The Bertz CT molecular complexity index is 477. The summed E-state index contributed by atoms with van der Waals surface area (Å²) in [4.78, 5) is 14.8. The van der Waals surface area contributed by atoms with Crippen molar-refractivity contribution in [2.75, 3.05) is 0 Å². The zero-order valence-corrected chi connectivity index (χ0v) is 6.04. The smallest absolute Gasteiger partial charge is 0.339 e. The highest BCUT2D eigenvalue weighted by Gasteiger charge is 2.00. The first kappa shape index (κ1) is 6.78. The highest BCUT2D eigenvalue weighted by Crippen LogP contribution is 1.90. The summed E-state index contributed by atoms with van der Waals surface area (Å²) in [7, 11) is 0. The quantitative estimate of drug-likeness (QED) is 0.382. The fourth-order valence-electron chi connectivity index (χ4n) is 0.979. The van der Waals surface area contributed by atoms with Crippen LogP contribution in [-0.2, 0) is 0 Å². The molecule has 0 atom stereocenters. The molecule has 0 N–H and O–H groups in total. The number of hydrogen-bond acceptors (Lipinski definition) is 3. The molecule has 0 aliphatic heterocycles. The van der Waals surface area contributed by atoms with E-state index in [2.05, 4.69) is 4.98 Å². The van der Waals surface area contributed by atoms with Crippen molar-refractivity contribution in [2.45, 2.75) is 0 Å². The molecular weight excluding hydrogens is 158 g/mol. The minimum absolute atomic E-state index is 0.347. The van der Waals surface area contributed by atoms with Crippen molar-refractivity contribution in [1.29, 1.82) is 0 Å². The van der Waals surface area contributed by atoms with Crippen molar-refractivity contribution in [3.63, 3.8) is 0 Å². The largest absolute Gasteiger partial charge is 0.595 e. The molecule has 0 aliphatic rings. The minimum Gasteiger partial charge on any atom is -0.595 e. The van der Waals surface area contributed by atoms with E-state index in [0.29, 0.717) is 10.5 Å². The van der Waals surface area contributed by atoms with Gasteiger partial charge in [0.05, 0.1) is 6.20 Å². The van der Waals surface area contributed by atoms with Gasteiger partial charge in [0, 0.05) is 0 Å². The van der Waals surface area contributed by atoms with E-state index in [1.54, 1.807) is 18.2 Å². The van der Waals surface area contributed by atoms with E-state index in [1.165, 1.54) is 10.7 Å². The van der Waals surface area contributed by atoms with Crippen LogP contribution in [0.5, 0.6) is 0 Å². The molecule has 0 bridgehead atoms. The molecular formula is C7H5N3O2. The van der Waals surface area contributed by atoms with Crippen LogP contribution in [-0.4, -0.2) is 9.50 Å². The lowest BCUT2D eigenvalue weighted by Crippen LogP contribution is -2.40. The van der Waals surface area contributed by atoms with Crippen LogP contribution in [0.15, 0.2) is 35.4 Å². The molecule has 2 rings (SSSR count). The highest BCUT2D eigenvalue weighted by atomic mass is 16.5. The second kappa shape index (κ2) is 2.30. The third-order valence-electron chi connectivity index (χ3n) is 1.48. The average Bonchev–Trinajstić information content (AvgIpc) is 2.04. The van der Waals surface area contributed by atoms with Gasteiger partial charge in [-0.15, -0.1) is 0 Å². The molecule has 12 heavy (non-hydrogen) atoms. The van der Waals surface area contributed by atoms with Crippen molar-refractivity contribution >= 4 is 5.65 Å². The maximum Gasteiger partial charge on any atom is 0.339 e. The van der Waals surface area contributed by atoms with E-state index < -0.39 is 5.56 Å². The zero-order valence-electron chi connectivity index (χ0n) is 6.04. The number of rotatable bonds is 0. The van der Waals surface area contributed by atoms with Crippen LogP contribution in [0.3, 0.4) is 0 Å². The molecule has 0 fully saturated rings. The Kier molecular flexibility index (Phi) is 1.30. The van der Waals surface area contributed by atoms with Crippen LogP contribution in [0, 0.1) is 5.21 Å². The van der Waals surface area contributed by atoms with E-state index in [-0.39, 0.29) is 0 Å². The summed E-state index contributed by atoms with van der Waals surface area (Å²) in [6.07, 6.45) is 2.42. The van der Waals surface area contributed by atoms with E-state index in [0.717, 1.165) is 6.20 Å². The standard InChI is InChI=1S/C7H5N3O2/c11-7-5-10(12)9-4-2-1-3-6(9)8-7/h1-5H. The number of hydrogen-bond donors (Lipinski definition) is 0.